The average Bonchev–Trinajstić information content (AvgIpc) is 1.98. The molecule has 3 atom stereocenters. The van der Waals surface area contributed by atoms with Crippen LogP contribution in [0.25, 0.3) is 0 Å². The van der Waals surface area contributed by atoms with E-state index < -0.39 is 18.3 Å². The highest BCUT2D eigenvalue weighted by Gasteiger charge is 2.28. The molecule has 0 aromatic heterocycles. The number of aliphatic hydroxyl groups is 3. The van der Waals surface area contributed by atoms with Gasteiger partial charge in [-0.05, 0) is 20.5 Å². The van der Waals surface area contributed by atoms with Crippen LogP contribution in [0.1, 0.15) is 6.42 Å². The fourth-order valence-electron chi connectivity index (χ4n) is 1.55. The lowest BCUT2D eigenvalue weighted by Gasteiger charge is -2.28. The summed E-state index contributed by atoms with van der Waals surface area (Å²) >= 11 is 0. The van der Waals surface area contributed by atoms with Gasteiger partial charge in [0.25, 0.3) is 0 Å². The molecule has 1 rings (SSSR count). The van der Waals surface area contributed by atoms with Crippen molar-refractivity contribution in [2.75, 3.05) is 20.6 Å². The van der Waals surface area contributed by atoms with Crippen molar-refractivity contribution in [1.29, 1.82) is 0 Å². The second kappa shape index (κ2) is 4.19. The first kappa shape index (κ1) is 10.7. The van der Waals surface area contributed by atoms with Crippen LogP contribution >= 0.6 is 0 Å². The van der Waals surface area contributed by atoms with Crippen molar-refractivity contribution in [1.82, 2.24) is 4.90 Å². The molecule has 0 saturated heterocycles. The second-order valence-corrected chi connectivity index (χ2v) is 3.82. The average molecular weight is 187 g/mol. The maximum absolute atomic E-state index is 9.36. The molecule has 0 unspecified atom stereocenters. The molecule has 4 heteroatoms. The maximum atomic E-state index is 9.36. The van der Waals surface area contributed by atoms with Gasteiger partial charge >= 0.3 is 0 Å². The summed E-state index contributed by atoms with van der Waals surface area (Å²) in [6, 6.07) is 0. The molecule has 0 fully saturated rings. The molecule has 0 heterocycles. The predicted molar refractivity (Wildman–Crippen MR) is 49.3 cm³/mol. The molecule has 0 amide bonds. The normalized spacial score (nSPS) is 34.9. The van der Waals surface area contributed by atoms with Crippen molar-refractivity contribution in [2.45, 2.75) is 24.7 Å². The van der Waals surface area contributed by atoms with Crippen molar-refractivity contribution in [2.24, 2.45) is 0 Å². The quantitative estimate of drug-likeness (QED) is 0.483. The number of nitrogens with zero attached hydrogens (tertiary/aromatic N) is 1. The Labute approximate surface area is 78.1 Å². The fraction of sp³-hybridized carbons (Fsp3) is 0.778. The highest BCUT2D eigenvalue weighted by Crippen LogP contribution is 2.19. The minimum Gasteiger partial charge on any atom is -0.390 e. The van der Waals surface area contributed by atoms with E-state index in [4.69, 9.17) is 0 Å². The van der Waals surface area contributed by atoms with E-state index in [0.29, 0.717) is 13.0 Å². The summed E-state index contributed by atoms with van der Waals surface area (Å²) in [7, 11) is 3.84. The van der Waals surface area contributed by atoms with Gasteiger partial charge in [-0.1, -0.05) is 11.6 Å². The Morgan fingerprint density at radius 1 is 1.38 bits per heavy atom. The lowest BCUT2D eigenvalue weighted by Crippen LogP contribution is -2.41. The third kappa shape index (κ3) is 2.77. The zero-order chi connectivity index (χ0) is 10.0. The fourth-order valence-corrected chi connectivity index (χ4v) is 1.55. The Morgan fingerprint density at radius 2 is 2.00 bits per heavy atom. The summed E-state index contributed by atoms with van der Waals surface area (Å²) in [6.07, 6.45) is -0.743. The third-order valence-electron chi connectivity index (χ3n) is 2.14. The first-order chi connectivity index (χ1) is 6.00. The van der Waals surface area contributed by atoms with Crippen molar-refractivity contribution >= 4 is 0 Å². The van der Waals surface area contributed by atoms with Crippen molar-refractivity contribution in [3.63, 3.8) is 0 Å². The number of rotatable bonds is 2. The first-order valence-corrected chi connectivity index (χ1v) is 4.39. The molecule has 0 saturated carbocycles. The van der Waals surface area contributed by atoms with Gasteiger partial charge in [0, 0.05) is 6.54 Å². The van der Waals surface area contributed by atoms with E-state index in [1.165, 1.54) is 0 Å². The van der Waals surface area contributed by atoms with Gasteiger partial charge in [-0.15, -0.1) is 0 Å². The Kier molecular flexibility index (Phi) is 3.44. The Hall–Kier alpha value is -0.420. The number of hydrogen-bond donors (Lipinski definition) is 3. The van der Waals surface area contributed by atoms with Crippen molar-refractivity contribution in [3.05, 3.63) is 11.6 Å². The van der Waals surface area contributed by atoms with E-state index in [-0.39, 0.29) is 0 Å². The van der Waals surface area contributed by atoms with Crippen LogP contribution in [0.5, 0.6) is 0 Å². The van der Waals surface area contributed by atoms with Crippen LogP contribution in [-0.2, 0) is 0 Å². The SMILES string of the molecule is CN(C)CC1=C[C@@H](O)[C@@H](O)[C@H](O)C1. The van der Waals surface area contributed by atoms with Crippen LogP contribution < -0.4 is 0 Å². The lowest BCUT2D eigenvalue weighted by atomic mass is 9.92. The molecule has 3 N–H and O–H groups in total. The number of aliphatic hydroxyl groups excluding tert-OH is 3. The second-order valence-electron chi connectivity index (χ2n) is 3.82. The maximum Gasteiger partial charge on any atom is 0.110 e. The van der Waals surface area contributed by atoms with Gasteiger partial charge in [0.15, 0.2) is 0 Å². The summed E-state index contributed by atoms with van der Waals surface area (Å²) in [5, 5.41) is 27.9. The van der Waals surface area contributed by atoms with E-state index >= 15 is 0 Å². The molecule has 76 valence electrons. The van der Waals surface area contributed by atoms with Crippen LogP contribution in [0.2, 0.25) is 0 Å². The highest BCUT2D eigenvalue weighted by atomic mass is 16.4. The molecule has 0 aromatic rings. The van der Waals surface area contributed by atoms with E-state index in [2.05, 4.69) is 0 Å². The van der Waals surface area contributed by atoms with Gasteiger partial charge in [0.1, 0.15) is 12.2 Å². The highest BCUT2D eigenvalue weighted by molar-refractivity contribution is 5.15. The van der Waals surface area contributed by atoms with E-state index in [1.54, 1.807) is 6.08 Å². The zero-order valence-electron chi connectivity index (χ0n) is 8.01. The van der Waals surface area contributed by atoms with Crippen molar-refractivity contribution in [3.8, 4) is 0 Å². The van der Waals surface area contributed by atoms with Gasteiger partial charge in [0.2, 0.25) is 0 Å². The molecule has 0 aromatic carbocycles. The summed E-state index contributed by atoms with van der Waals surface area (Å²) < 4.78 is 0. The molecule has 1 aliphatic carbocycles. The lowest BCUT2D eigenvalue weighted by molar-refractivity contribution is -0.0481. The molecule has 0 bridgehead atoms. The van der Waals surface area contributed by atoms with Crippen LogP contribution in [0.4, 0.5) is 0 Å². The standard InChI is InChI=1S/C9H17NO3/c1-10(2)5-6-3-7(11)9(13)8(12)4-6/h3,7-9,11-13H,4-5H2,1-2H3/t7-,8-,9-/m1/s1. The van der Waals surface area contributed by atoms with Crippen LogP contribution in [-0.4, -0.2) is 59.2 Å². The smallest absolute Gasteiger partial charge is 0.110 e. The Bertz CT molecular complexity index is 203. The molecule has 0 radical (unpaired) electrons. The summed E-state index contributed by atoms with van der Waals surface area (Å²) in [5.74, 6) is 0. The Morgan fingerprint density at radius 3 is 2.46 bits per heavy atom. The van der Waals surface area contributed by atoms with Crippen LogP contribution in [0.15, 0.2) is 11.6 Å². The Balaban J connectivity index is 2.62. The van der Waals surface area contributed by atoms with Gasteiger partial charge in [-0.2, -0.15) is 0 Å². The largest absolute Gasteiger partial charge is 0.390 e. The summed E-state index contributed by atoms with van der Waals surface area (Å²) in [6.45, 7) is 0.709. The summed E-state index contributed by atoms with van der Waals surface area (Å²) in [5.41, 5.74) is 0.968. The minimum absolute atomic E-state index is 0.441. The molecule has 1 aliphatic rings. The molecular weight excluding hydrogens is 170 g/mol. The van der Waals surface area contributed by atoms with Gasteiger partial charge in [-0.25, -0.2) is 0 Å². The van der Waals surface area contributed by atoms with E-state index in [1.807, 2.05) is 19.0 Å². The van der Waals surface area contributed by atoms with Gasteiger partial charge in [-0.3, -0.25) is 0 Å². The monoisotopic (exact) mass is 187 g/mol. The van der Waals surface area contributed by atoms with Crippen molar-refractivity contribution < 1.29 is 15.3 Å². The zero-order valence-corrected chi connectivity index (χ0v) is 8.01. The number of likely N-dealkylation sites (N-methyl/N-ethyl adjacent to an activating group) is 1. The molecule has 0 spiro atoms. The number of hydrogen-bond acceptors (Lipinski definition) is 4. The first-order valence-electron chi connectivity index (χ1n) is 4.39. The molecule has 4 nitrogen and oxygen atoms in total. The van der Waals surface area contributed by atoms with Crippen LogP contribution in [0, 0.1) is 0 Å². The molecular formula is C9H17NO3. The van der Waals surface area contributed by atoms with E-state index in [9.17, 15) is 15.3 Å². The molecule has 13 heavy (non-hydrogen) atoms. The van der Waals surface area contributed by atoms with E-state index in [0.717, 1.165) is 5.57 Å². The van der Waals surface area contributed by atoms with Crippen LogP contribution in [0.3, 0.4) is 0 Å². The van der Waals surface area contributed by atoms with Gasteiger partial charge in [0.05, 0.1) is 6.10 Å². The predicted octanol–water partition coefficient (Wildman–Crippen LogP) is -1.04. The minimum atomic E-state index is -1.04. The van der Waals surface area contributed by atoms with Gasteiger partial charge < -0.3 is 20.2 Å². The third-order valence-corrected chi connectivity index (χ3v) is 2.14. The topological polar surface area (TPSA) is 63.9 Å². The summed E-state index contributed by atoms with van der Waals surface area (Å²) in [4.78, 5) is 1.96. The molecule has 0 aliphatic heterocycles.